The molecule has 0 unspecified atom stereocenters. The zero-order valence-electron chi connectivity index (χ0n) is 51.3. The number of aryl methyl sites for hydroxylation is 1. The van der Waals surface area contributed by atoms with Crippen molar-refractivity contribution in [3.8, 4) is 0 Å². The lowest BCUT2D eigenvalue weighted by molar-refractivity contribution is -0.144. The third kappa shape index (κ3) is 26.0. The molecular formula is C57H87N13O19. The fraction of sp³-hybridized carbons (Fsp3) is 0.614. The fourth-order valence-corrected chi connectivity index (χ4v) is 9.20. The number of carboxylic acid groups (broad SMARTS) is 2. The van der Waals surface area contributed by atoms with Gasteiger partial charge in [-0.15, -0.1) is 0 Å². The van der Waals surface area contributed by atoms with E-state index in [0.717, 1.165) is 12.5 Å². The minimum Gasteiger partial charge on any atom is -0.481 e. The topological polar surface area (TPSA) is 509 Å². The molecule has 13 amide bonds. The zero-order valence-corrected chi connectivity index (χ0v) is 51.3. The van der Waals surface area contributed by atoms with Crippen molar-refractivity contribution in [2.45, 2.75) is 193 Å². The molecule has 1 aromatic carbocycles. The SMILES string of the molecule is CCC[C@H](NC(=O)[C@@H]1CCCN1C(=O)[C@@H](NC(=O)[C@@H](NC(=O)[C@H](CCC(=O)O)NC(=O)[C@H](CCC(=O)O)NC(C)=O)C(C)C)C(C)C)C(=O)C(=O)NCC(=O)N[C@@H](CCC(N)=O)C(=O)N[C@@H](CC)C(=O)N[C@@H](Cc1ccc(C)cc1)C(=O)N[C@@H](CO)C(N)=O. The van der Waals surface area contributed by atoms with Crippen molar-refractivity contribution < 1.29 is 92.0 Å². The van der Waals surface area contributed by atoms with Gasteiger partial charge in [-0.05, 0) is 69.3 Å². The number of carbonyl (C=O) groups is 16. The van der Waals surface area contributed by atoms with Gasteiger partial charge in [-0.3, -0.25) is 76.7 Å². The highest BCUT2D eigenvalue weighted by Gasteiger charge is 2.42. The molecule has 494 valence electrons. The molecule has 0 aliphatic carbocycles. The van der Waals surface area contributed by atoms with E-state index in [1.54, 1.807) is 58.9 Å². The lowest BCUT2D eigenvalue weighted by Gasteiger charge is -2.33. The molecule has 1 aromatic rings. The number of aliphatic hydroxyl groups is 1. The third-order valence-corrected chi connectivity index (χ3v) is 14.2. The highest BCUT2D eigenvalue weighted by molar-refractivity contribution is 6.38. The summed E-state index contributed by atoms with van der Waals surface area (Å²) in [4.78, 5) is 210. The Balaban J connectivity index is 2.23. The standard InChI is InChI=1S/C57H87N13O19/c1-9-12-34(47(79)56(88)60-26-42(74)62-36(18-21-41(58)73)51(83)63-33(10-2)49(81)66-38(25-32-16-14-30(7)15-17-32)53(85)67-39(27-71)48(59)80)64-54(86)40-13-11-24-70(40)57(89)46(29(5)6)69-55(87)45(28(3)4)68-52(84)37(20-23-44(77)78)65-50(82)35(61-31(8)72)19-22-43(75)76/h14-17,28-29,33-40,45-46,71H,9-13,18-27H2,1-8H3,(H2,58,73)(H2,59,80)(H,60,88)(H,61,72)(H,62,74)(H,63,83)(H,64,86)(H,65,82)(H,66,81)(H,67,85)(H,68,84)(H,69,87)(H,75,76)(H,77,78)/t33-,34-,35-,36-,37-,38-,39-,40-,45-,46-/m0/s1. The number of amides is 13. The molecule has 1 heterocycles. The number of hydrogen-bond acceptors (Lipinski definition) is 17. The maximum absolute atomic E-state index is 14.3. The van der Waals surface area contributed by atoms with E-state index < -0.39 is 212 Å². The Morgan fingerprint density at radius 2 is 1.06 bits per heavy atom. The predicted octanol–water partition coefficient (Wildman–Crippen LogP) is -4.41. The number of carboxylic acids is 2. The van der Waals surface area contributed by atoms with Crippen molar-refractivity contribution in [2.24, 2.45) is 23.3 Å². The average molecular weight is 1260 g/mol. The molecule has 89 heavy (non-hydrogen) atoms. The normalized spacial score (nSPS) is 15.8. The van der Waals surface area contributed by atoms with Crippen LogP contribution in [0, 0.1) is 18.8 Å². The maximum Gasteiger partial charge on any atom is 0.303 e. The average Bonchev–Trinajstić information content (AvgIpc) is 2.17. The number of likely N-dealkylation sites (tertiary alicyclic amines) is 1. The van der Waals surface area contributed by atoms with Gasteiger partial charge in [-0.2, -0.15) is 0 Å². The van der Waals surface area contributed by atoms with E-state index >= 15 is 0 Å². The number of benzene rings is 1. The van der Waals surface area contributed by atoms with Crippen LogP contribution in [0.15, 0.2) is 24.3 Å². The number of aliphatic hydroxyl groups excluding tert-OH is 1. The summed E-state index contributed by atoms with van der Waals surface area (Å²) in [5.41, 5.74) is 12.1. The Hall–Kier alpha value is -9.10. The van der Waals surface area contributed by atoms with Crippen LogP contribution in [0.2, 0.25) is 0 Å². The van der Waals surface area contributed by atoms with Gasteiger partial charge in [0.1, 0.15) is 54.4 Å². The van der Waals surface area contributed by atoms with Gasteiger partial charge in [-0.25, -0.2) is 0 Å². The summed E-state index contributed by atoms with van der Waals surface area (Å²) >= 11 is 0. The third-order valence-electron chi connectivity index (χ3n) is 14.2. The van der Waals surface area contributed by atoms with Gasteiger partial charge in [0.05, 0.1) is 19.2 Å². The Bertz CT molecular complexity index is 2740. The van der Waals surface area contributed by atoms with Gasteiger partial charge in [0.15, 0.2) is 0 Å². The Morgan fingerprint density at radius 3 is 1.56 bits per heavy atom. The van der Waals surface area contributed by atoms with Crippen LogP contribution in [0.1, 0.15) is 130 Å². The van der Waals surface area contributed by atoms with E-state index in [1.807, 2.05) is 6.92 Å². The molecule has 1 fully saturated rings. The number of nitrogens with two attached hydrogens (primary N) is 2. The lowest BCUT2D eigenvalue weighted by Crippen LogP contribution is -2.61. The van der Waals surface area contributed by atoms with Crippen LogP contribution in [0.25, 0.3) is 0 Å². The van der Waals surface area contributed by atoms with Crippen LogP contribution in [0.4, 0.5) is 0 Å². The van der Waals surface area contributed by atoms with Gasteiger partial charge in [0, 0.05) is 39.2 Å². The predicted molar refractivity (Wildman–Crippen MR) is 314 cm³/mol. The van der Waals surface area contributed by atoms with Gasteiger partial charge < -0.3 is 84.9 Å². The molecule has 1 saturated heterocycles. The van der Waals surface area contributed by atoms with Crippen molar-refractivity contribution in [3.05, 3.63) is 35.4 Å². The largest absolute Gasteiger partial charge is 0.481 e. The maximum atomic E-state index is 14.3. The van der Waals surface area contributed by atoms with E-state index in [4.69, 9.17) is 16.6 Å². The Labute approximate surface area is 514 Å². The molecule has 0 radical (unpaired) electrons. The van der Waals surface area contributed by atoms with Crippen molar-refractivity contribution in [1.29, 1.82) is 0 Å². The number of primary amides is 2. The fourth-order valence-electron chi connectivity index (χ4n) is 9.20. The summed E-state index contributed by atoms with van der Waals surface area (Å²) in [6, 6.07) is -7.31. The molecule has 0 saturated carbocycles. The molecule has 1 aliphatic heterocycles. The van der Waals surface area contributed by atoms with Gasteiger partial charge in [-0.1, -0.05) is 77.8 Å². The number of Topliss-reactive ketones (excluding diaryl/α,β-unsaturated/α-hetero) is 1. The summed E-state index contributed by atoms with van der Waals surface area (Å²) in [7, 11) is 0. The summed E-state index contributed by atoms with van der Waals surface area (Å²) in [5.74, 6) is -17.4. The van der Waals surface area contributed by atoms with Crippen molar-refractivity contribution in [3.63, 3.8) is 0 Å². The first-order chi connectivity index (χ1) is 41.7. The van der Waals surface area contributed by atoms with Gasteiger partial charge in [0.25, 0.3) is 5.91 Å². The van der Waals surface area contributed by atoms with E-state index in [2.05, 4.69) is 53.2 Å². The van der Waals surface area contributed by atoms with Gasteiger partial charge in [0.2, 0.25) is 76.7 Å². The molecule has 32 heteroatoms. The number of nitrogens with zero attached hydrogens (tertiary/aromatic N) is 1. The molecule has 10 atom stereocenters. The van der Waals surface area contributed by atoms with Crippen molar-refractivity contribution in [2.75, 3.05) is 19.7 Å². The van der Waals surface area contributed by atoms with Crippen LogP contribution in [0.3, 0.4) is 0 Å². The summed E-state index contributed by atoms with van der Waals surface area (Å²) in [6.45, 7) is 10.6. The van der Waals surface area contributed by atoms with Crippen molar-refractivity contribution >= 4 is 94.5 Å². The Kier molecular flexibility index (Phi) is 32.1. The second kappa shape index (κ2) is 37.6. The summed E-state index contributed by atoms with van der Waals surface area (Å²) in [5, 5.41) is 52.2. The number of carbonyl (C=O) groups excluding carboxylic acids is 14. The van der Waals surface area contributed by atoms with Crippen LogP contribution < -0.4 is 64.6 Å². The monoisotopic (exact) mass is 1260 g/mol. The first kappa shape index (κ1) is 76.0. The van der Waals surface area contributed by atoms with Crippen LogP contribution in [-0.4, -0.2) is 195 Å². The van der Waals surface area contributed by atoms with Crippen molar-refractivity contribution in [1.82, 2.24) is 58.1 Å². The molecular weight excluding hydrogens is 1170 g/mol. The van der Waals surface area contributed by atoms with E-state index in [0.29, 0.717) is 12.0 Å². The smallest absolute Gasteiger partial charge is 0.303 e. The molecule has 0 spiro atoms. The molecule has 17 N–H and O–H groups in total. The van der Waals surface area contributed by atoms with Crippen LogP contribution >= 0.6 is 0 Å². The number of aliphatic carboxylic acids is 2. The highest BCUT2D eigenvalue weighted by Crippen LogP contribution is 2.22. The minimum absolute atomic E-state index is 0.0177. The Morgan fingerprint density at radius 1 is 0.573 bits per heavy atom. The number of rotatable bonds is 39. The zero-order chi connectivity index (χ0) is 67.4. The second-order valence-corrected chi connectivity index (χ2v) is 22.2. The molecule has 2 rings (SSSR count). The van der Waals surface area contributed by atoms with Gasteiger partial charge >= 0.3 is 11.9 Å². The van der Waals surface area contributed by atoms with Crippen LogP contribution in [-0.2, 0) is 83.1 Å². The molecule has 0 aromatic heterocycles. The molecule has 32 nitrogen and oxygen atoms in total. The van der Waals surface area contributed by atoms with E-state index in [1.165, 1.54) is 11.8 Å². The number of hydrogen-bond donors (Lipinski definition) is 15. The lowest BCUT2D eigenvalue weighted by atomic mass is 9.98. The first-order valence-corrected chi connectivity index (χ1v) is 29.2. The number of ketones is 1. The second-order valence-electron chi connectivity index (χ2n) is 22.2. The highest BCUT2D eigenvalue weighted by atomic mass is 16.4. The molecule has 1 aliphatic rings. The summed E-state index contributed by atoms with van der Waals surface area (Å²) in [6.07, 6.45) is -2.52. The first-order valence-electron chi connectivity index (χ1n) is 29.2. The number of nitrogens with one attached hydrogen (secondary N) is 10. The summed E-state index contributed by atoms with van der Waals surface area (Å²) < 4.78 is 0. The van der Waals surface area contributed by atoms with Crippen LogP contribution in [0.5, 0.6) is 0 Å². The molecule has 0 bridgehead atoms. The van der Waals surface area contributed by atoms with E-state index in [9.17, 15) is 86.9 Å². The van der Waals surface area contributed by atoms with E-state index in [-0.39, 0.29) is 45.1 Å². The minimum atomic E-state index is -1.60. The quantitative estimate of drug-likeness (QED) is 0.0277.